The second-order valence-electron chi connectivity index (χ2n) is 14.3. The van der Waals surface area contributed by atoms with E-state index in [9.17, 15) is 19.2 Å². The molecule has 14 heteroatoms. The summed E-state index contributed by atoms with van der Waals surface area (Å²) in [6.07, 6.45) is 7.64. The quantitative estimate of drug-likeness (QED) is 0.268. The fraction of sp³-hybridized carbons (Fsp3) is 0.500. The number of aliphatic carboxylic acids is 1. The number of nitrogens with zero attached hydrogens (tertiary/aromatic N) is 6. The van der Waals surface area contributed by atoms with Crippen LogP contribution < -0.4 is 5.32 Å². The molecule has 2 aliphatic rings. The zero-order chi connectivity index (χ0) is 37.3. The van der Waals surface area contributed by atoms with Gasteiger partial charge in [0, 0.05) is 44.1 Å². The van der Waals surface area contributed by atoms with Crippen LogP contribution in [0.1, 0.15) is 75.1 Å². The van der Waals surface area contributed by atoms with Crippen LogP contribution in [0.25, 0.3) is 11.1 Å². The summed E-state index contributed by atoms with van der Waals surface area (Å²) in [7, 11) is 0. The number of hydrogen-bond donors (Lipinski definition) is 2. The van der Waals surface area contributed by atoms with Gasteiger partial charge in [0.15, 0.2) is 5.69 Å². The number of pyridine rings is 1. The zero-order valence-corrected chi connectivity index (χ0v) is 30.4. The van der Waals surface area contributed by atoms with Crippen LogP contribution in [0.15, 0.2) is 55.1 Å². The molecule has 0 unspecified atom stereocenters. The van der Waals surface area contributed by atoms with E-state index in [-0.39, 0.29) is 49.1 Å². The van der Waals surface area contributed by atoms with Crippen LogP contribution in [-0.4, -0.2) is 116 Å². The number of carbonyl (C=O) groups excluding carboxylic acids is 3. The van der Waals surface area contributed by atoms with E-state index in [0.29, 0.717) is 44.7 Å². The van der Waals surface area contributed by atoms with Crippen molar-refractivity contribution in [3.05, 3.63) is 72.1 Å². The minimum Gasteiger partial charge on any atom is -0.480 e. The Balaban J connectivity index is 1.30. The lowest BCUT2D eigenvalue weighted by molar-refractivity contribution is -0.139. The Morgan fingerprint density at radius 1 is 0.962 bits per heavy atom. The minimum absolute atomic E-state index is 0.00542. The average molecular weight is 716 g/mol. The van der Waals surface area contributed by atoms with E-state index in [2.05, 4.69) is 33.3 Å². The van der Waals surface area contributed by atoms with Gasteiger partial charge in [-0.1, -0.05) is 31.2 Å². The lowest BCUT2D eigenvalue weighted by Crippen LogP contribution is -2.44. The number of amides is 3. The predicted octanol–water partition coefficient (Wildman–Crippen LogP) is 4.65. The number of anilines is 1. The number of rotatable bonds is 12. The van der Waals surface area contributed by atoms with E-state index in [4.69, 9.17) is 14.6 Å². The molecule has 0 radical (unpaired) electrons. The zero-order valence-electron chi connectivity index (χ0n) is 30.4. The Morgan fingerprint density at radius 3 is 2.31 bits per heavy atom. The highest BCUT2D eigenvalue weighted by Crippen LogP contribution is 2.28. The third-order valence-electron chi connectivity index (χ3n) is 9.02. The van der Waals surface area contributed by atoms with Crippen LogP contribution in [0.2, 0.25) is 0 Å². The van der Waals surface area contributed by atoms with Crippen molar-refractivity contribution in [3.8, 4) is 11.1 Å². The molecule has 5 rings (SSSR count). The summed E-state index contributed by atoms with van der Waals surface area (Å²) >= 11 is 0. The average Bonchev–Trinajstić information content (AvgIpc) is 3.11. The predicted molar refractivity (Wildman–Crippen MR) is 193 cm³/mol. The Kier molecular flexibility index (Phi) is 12.9. The molecule has 3 amide bonds. The van der Waals surface area contributed by atoms with Crippen LogP contribution in [0.3, 0.4) is 0 Å². The molecule has 0 bridgehead atoms. The highest BCUT2D eigenvalue weighted by Gasteiger charge is 2.31. The van der Waals surface area contributed by atoms with Crippen molar-refractivity contribution in [1.29, 1.82) is 0 Å². The van der Waals surface area contributed by atoms with Gasteiger partial charge in [0.25, 0.3) is 5.91 Å². The number of benzene rings is 1. The number of carboxylic acid groups (broad SMARTS) is 1. The van der Waals surface area contributed by atoms with Crippen molar-refractivity contribution in [1.82, 2.24) is 29.7 Å². The molecule has 1 aromatic carbocycles. The molecule has 278 valence electrons. The minimum atomic E-state index is -0.824. The molecule has 2 aromatic heterocycles. The molecule has 4 heterocycles. The summed E-state index contributed by atoms with van der Waals surface area (Å²) in [4.78, 5) is 69.6. The number of hydrogen-bond acceptors (Lipinski definition) is 10. The van der Waals surface area contributed by atoms with Crippen molar-refractivity contribution in [2.75, 3.05) is 44.6 Å². The molecule has 2 fully saturated rings. The monoisotopic (exact) mass is 715 g/mol. The normalized spacial score (nSPS) is 16.0. The second-order valence-corrected chi connectivity index (χ2v) is 14.3. The first-order valence-corrected chi connectivity index (χ1v) is 17.9. The van der Waals surface area contributed by atoms with Gasteiger partial charge in [0.2, 0.25) is 5.91 Å². The van der Waals surface area contributed by atoms with Crippen molar-refractivity contribution in [2.45, 2.75) is 84.2 Å². The Hall–Kier alpha value is -4.95. The Labute approximate surface area is 304 Å². The van der Waals surface area contributed by atoms with E-state index in [1.807, 2.05) is 23.1 Å². The number of likely N-dealkylation sites (tertiary alicyclic amines) is 2. The number of aryl methyl sites for hydroxylation is 1. The first-order valence-electron chi connectivity index (χ1n) is 17.9. The SMILES string of the molecule is CCc1cccc(-c2cnc(C(=O)N3CCC(OC4CCN(CC(=O)O)CC4)CC3)c(NC(=O)CN(Cc3ccncn3)C(=O)OC(C)(C)C)c2)c1. The van der Waals surface area contributed by atoms with Gasteiger partial charge < -0.3 is 24.8 Å². The summed E-state index contributed by atoms with van der Waals surface area (Å²) in [6.45, 7) is 9.30. The molecule has 14 nitrogen and oxygen atoms in total. The number of ether oxygens (including phenoxy) is 2. The topological polar surface area (TPSA) is 167 Å². The van der Waals surface area contributed by atoms with Gasteiger partial charge in [-0.3, -0.25) is 24.2 Å². The smallest absolute Gasteiger partial charge is 0.411 e. The van der Waals surface area contributed by atoms with Crippen LogP contribution in [0.4, 0.5) is 10.5 Å². The first-order chi connectivity index (χ1) is 24.9. The van der Waals surface area contributed by atoms with Gasteiger partial charge in [-0.15, -0.1) is 0 Å². The molecule has 2 aliphatic heterocycles. The van der Waals surface area contributed by atoms with Crippen molar-refractivity contribution in [2.24, 2.45) is 0 Å². The third-order valence-corrected chi connectivity index (χ3v) is 9.02. The molecule has 0 saturated carbocycles. The van der Waals surface area contributed by atoms with Crippen LogP contribution in [-0.2, 0) is 32.0 Å². The molecule has 0 atom stereocenters. The summed E-state index contributed by atoms with van der Waals surface area (Å²) in [5.74, 6) is -1.67. The largest absolute Gasteiger partial charge is 0.480 e. The van der Waals surface area contributed by atoms with Crippen LogP contribution in [0.5, 0.6) is 0 Å². The molecule has 0 spiro atoms. The molecule has 52 heavy (non-hydrogen) atoms. The molecule has 2 saturated heterocycles. The maximum Gasteiger partial charge on any atom is 0.411 e. The Bertz CT molecular complexity index is 1700. The van der Waals surface area contributed by atoms with Crippen molar-refractivity contribution >= 4 is 29.6 Å². The van der Waals surface area contributed by atoms with Gasteiger partial charge in [-0.25, -0.2) is 19.7 Å². The lowest BCUT2D eigenvalue weighted by Gasteiger charge is -2.36. The summed E-state index contributed by atoms with van der Waals surface area (Å²) in [5, 5.41) is 12.0. The van der Waals surface area contributed by atoms with Gasteiger partial charge in [-0.2, -0.15) is 0 Å². The molecule has 3 aromatic rings. The fourth-order valence-electron chi connectivity index (χ4n) is 6.35. The van der Waals surface area contributed by atoms with Gasteiger partial charge in [-0.05, 0) is 76.1 Å². The standard InChI is InChI=1S/C38H49N7O7/c1-5-26-7-6-8-27(19-26)28-20-32(42-33(46)23-45(37(50)52-38(2,3)4)22-29-9-14-39-25-41-29)35(40-21-28)36(49)44-17-12-31(13-18-44)51-30-10-15-43(16-11-30)24-34(47)48/h6-9,14,19-21,25,30-31H,5,10-13,15-18,22-24H2,1-4H3,(H,42,46)(H,47,48). The van der Waals surface area contributed by atoms with Gasteiger partial charge in [0.1, 0.15) is 18.5 Å². The fourth-order valence-corrected chi connectivity index (χ4v) is 6.35. The van der Waals surface area contributed by atoms with Gasteiger partial charge in [0.05, 0.1) is 36.7 Å². The van der Waals surface area contributed by atoms with Crippen molar-refractivity contribution < 1.29 is 33.8 Å². The number of nitrogens with one attached hydrogen (secondary N) is 1. The lowest BCUT2D eigenvalue weighted by atomic mass is 10.0. The summed E-state index contributed by atoms with van der Waals surface area (Å²) in [6, 6.07) is 11.4. The molecule has 2 N–H and O–H groups in total. The van der Waals surface area contributed by atoms with E-state index >= 15 is 0 Å². The molecular weight excluding hydrogens is 666 g/mol. The highest BCUT2D eigenvalue weighted by molar-refractivity contribution is 6.03. The highest BCUT2D eigenvalue weighted by atomic mass is 16.6. The second kappa shape index (κ2) is 17.5. The number of carboxylic acids is 1. The maximum atomic E-state index is 14.0. The molecular formula is C38H49N7O7. The van der Waals surface area contributed by atoms with E-state index in [0.717, 1.165) is 36.0 Å². The number of piperidine rings is 2. The van der Waals surface area contributed by atoms with Crippen LogP contribution >= 0.6 is 0 Å². The summed E-state index contributed by atoms with van der Waals surface area (Å²) < 4.78 is 12.0. The number of carbonyl (C=O) groups is 4. The molecule has 0 aliphatic carbocycles. The first kappa shape index (κ1) is 38.3. The van der Waals surface area contributed by atoms with E-state index in [1.165, 1.54) is 11.2 Å². The Morgan fingerprint density at radius 2 is 1.67 bits per heavy atom. The third kappa shape index (κ3) is 11.0. The number of aromatic nitrogens is 3. The van der Waals surface area contributed by atoms with Crippen LogP contribution in [0, 0.1) is 0 Å². The van der Waals surface area contributed by atoms with Gasteiger partial charge >= 0.3 is 12.1 Å². The van der Waals surface area contributed by atoms with E-state index < -0.39 is 23.6 Å². The summed E-state index contributed by atoms with van der Waals surface area (Å²) in [5.41, 5.74) is 2.85. The maximum absolute atomic E-state index is 14.0. The van der Waals surface area contributed by atoms with E-state index in [1.54, 1.807) is 50.2 Å². The van der Waals surface area contributed by atoms with Crippen molar-refractivity contribution in [3.63, 3.8) is 0 Å².